The van der Waals surface area contributed by atoms with Gasteiger partial charge in [0, 0.05) is 0 Å². The molecule has 2 aromatic rings. The number of esters is 1. The predicted molar refractivity (Wildman–Crippen MR) is 60.1 cm³/mol. The largest absolute Gasteiger partial charge is 0.460 e. The van der Waals surface area contributed by atoms with Crippen LogP contribution in [0.2, 0.25) is 0 Å². The van der Waals surface area contributed by atoms with Crippen molar-refractivity contribution < 1.29 is 9.53 Å². The van der Waals surface area contributed by atoms with Crippen LogP contribution in [-0.4, -0.2) is 27.8 Å². The van der Waals surface area contributed by atoms with Crippen LogP contribution in [0, 0.1) is 0 Å². The number of carbonyl (C=O) groups excluding carboxylic acids is 1. The number of nitrogens with one attached hydrogen (secondary N) is 1. The van der Waals surface area contributed by atoms with Crippen LogP contribution in [0.15, 0.2) is 12.1 Å². The van der Waals surface area contributed by atoms with Crippen molar-refractivity contribution in [2.24, 2.45) is 0 Å². The molecular weight excluding hydrogens is 228 g/mol. The number of nitrogen functional groups attached to an aromatic ring is 1. The average Bonchev–Trinajstić information content (AvgIpc) is 2.85. The lowest BCUT2D eigenvalue weighted by atomic mass is 10.4. The lowest BCUT2D eigenvalue weighted by Crippen LogP contribution is -2.06. The highest BCUT2D eigenvalue weighted by Crippen LogP contribution is 2.26. The third kappa shape index (κ3) is 2.03. The summed E-state index contributed by atoms with van der Waals surface area (Å²) in [6, 6.07) is 3.59. The Morgan fingerprint density at radius 1 is 1.62 bits per heavy atom. The van der Waals surface area contributed by atoms with Gasteiger partial charge in [-0.2, -0.15) is 0 Å². The second-order valence-corrected chi connectivity index (χ2v) is 4.05. The highest BCUT2D eigenvalue weighted by molar-refractivity contribution is 7.19. The number of nitrogens with two attached hydrogens (primary N) is 1. The Kier molecular flexibility index (Phi) is 2.86. The molecule has 0 aromatic carbocycles. The molecule has 0 saturated carbocycles. The van der Waals surface area contributed by atoms with Crippen molar-refractivity contribution in [1.29, 1.82) is 0 Å². The van der Waals surface area contributed by atoms with Gasteiger partial charge in [0.1, 0.15) is 0 Å². The molecule has 16 heavy (non-hydrogen) atoms. The normalized spacial score (nSPS) is 10.3. The molecule has 0 aliphatic heterocycles. The third-order valence-corrected chi connectivity index (χ3v) is 2.72. The highest BCUT2D eigenvalue weighted by atomic mass is 32.1. The van der Waals surface area contributed by atoms with E-state index in [1.54, 1.807) is 13.0 Å². The lowest BCUT2D eigenvalue weighted by molar-refractivity contribution is 0.0512. The molecule has 0 aliphatic carbocycles. The van der Waals surface area contributed by atoms with Crippen LogP contribution in [0.4, 0.5) is 5.00 Å². The lowest BCUT2D eigenvalue weighted by Gasteiger charge is -1.94. The number of aromatic amines is 1. The van der Waals surface area contributed by atoms with E-state index in [2.05, 4.69) is 15.2 Å². The van der Waals surface area contributed by atoms with Gasteiger partial charge >= 0.3 is 5.97 Å². The minimum absolute atomic E-state index is 0.0313. The molecule has 0 spiro atoms. The average molecular weight is 238 g/mol. The van der Waals surface area contributed by atoms with Gasteiger partial charge in [-0.15, -0.1) is 16.4 Å². The number of thiophene rings is 1. The number of ether oxygens (including phenoxy) is 1. The van der Waals surface area contributed by atoms with Crippen LogP contribution in [-0.2, 0) is 4.74 Å². The Morgan fingerprint density at radius 2 is 2.44 bits per heavy atom. The number of rotatable bonds is 3. The van der Waals surface area contributed by atoms with Crippen molar-refractivity contribution in [3.63, 3.8) is 0 Å². The molecule has 2 rings (SSSR count). The van der Waals surface area contributed by atoms with Crippen LogP contribution in [0.5, 0.6) is 0 Å². The molecule has 0 amide bonds. The molecule has 0 fully saturated rings. The number of hydrogen-bond donors (Lipinski definition) is 2. The van der Waals surface area contributed by atoms with E-state index in [-0.39, 0.29) is 5.82 Å². The van der Waals surface area contributed by atoms with Crippen molar-refractivity contribution in [2.45, 2.75) is 6.92 Å². The number of aromatic nitrogens is 3. The molecule has 0 atom stereocenters. The molecule has 2 heterocycles. The summed E-state index contributed by atoms with van der Waals surface area (Å²) in [6.45, 7) is 2.03. The summed E-state index contributed by atoms with van der Waals surface area (Å²) in [4.78, 5) is 16.2. The molecule has 0 radical (unpaired) electrons. The van der Waals surface area contributed by atoms with Gasteiger partial charge in [0.15, 0.2) is 5.82 Å². The Labute approximate surface area is 95.5 Å². The van der Waals surface area contributed by atoms with E-state index >= 15 is 0 Å². The summed E-state index contributed by atoms with van der Waals surface area (Å²) in [7, 11) is 0. The molecule has 0 unspecified atom stereocenters. The smallest absolute Gasteiger partial charge is 0.378 e. The first-order chi connectivity index (χ1) is 7.70. The molecule has 7 heteroatoms. The summed E-state index contributed by atoms with van der Waals surface area (Å²) in [5.74, 6) is 0.0168. The number of hydrogen-bond acceptors (Lipinski definition) is 6. The first kappa shape index (κ1) is 10.6. The highest BCUT2D eigenvalue weighted by Gasteiger charge is 2.14. The summed E-state index contributed by atoms with van der Waals surface area (Å²) in [5.41, 5.74) is 5.60. The molecule has 0 saturated heterocycles. The van der Waals surface area contributed by atoms with Crippen LogP contribution in [0.25, 0.3) is 10.7 Å². The molecule has 0 aliphatic rings. The second kappa shape index (κ2) is 4.31. The summed E-state index contributed by atoms with van der Waals surface area (Å²) in [5, 5.41) is 7.13. The van der Waals surface area contributed by atoms with Crippen molar-refractivity contribution in [3.05, 3.63) is 18.0 Å². The third-order valence-electron chi connectivity index (χ3n) is 1.80. The first-order valence-corrected chi connectivity index (χ1v) is 5.47. The van der Waals surface area contributed by atoms with Crippen molar-refractivity contribution in [3.8, 4) is 10.7 Å². The van der Waals surface area contributed by atoms with Crippen molar-refractivity contribution in [1.82, 2.24) is 15.2 Å². The van der Waals surface area contributed by atoms with Gasteiger partial charge in [0.25, 0.3) is 5.82 Å². The minimum Gasteiger partial charge on any atom is -0.460 e. The summed E-state index contributed by atoms with van der Waals surface area (Å²) in [6.07, 6.45) is 0. The Morgan fingerprint density at radius 3 is 3.06 bits per heavy atom. The van der Waals surface area contributed by atoms with Gasteiger partial charge < -0.3 is 10.5 Å². The summed E-state index contributed by atoms with van der Waals surface area (Å²) < 4.78 is 4.78. The number of carbonyl (C=O) groups is 1. The van der Waals surface area contributed by atoms with E-state index in [1.165, 1.54) is 11.3 Å². The fraction of sp³-hybridized carbons (Fsp3) is 0.222. The Bertz CT molecular complexity index is 505. The van der Waals surface area contributed by atoms with Crippen molar-refractivity contribution >= 4 is 22.3 Å². The van der Waals surface area contributed by atoms with Gasteiger partial charge in [0.2, 0.25) is 0 Å². The predicted octanol–water partition coefficient (Wildman–Crippen LogP) is 1.29. The number of anilines is 1. The molecule has 0 bridgehead atoms. The first-order valence-electron chi connectivity index (χ1n) is 4.66. The van der Waals surface area contributed by atoms with Crippen LogP contribution in [0.1, 0.15) is 17.5 Å². The maximum Gasteiger partial charge on any atom is 0.378 e. The minimum atomic E-state index is -0.533. The van der Waals surface area contributed by atoms with Crippen LogP contribution >= 0.6 is 11.3 Å². The van der Waals surface area contributed by atoms with Crippen LogP contribution in [0.3, 0.4) is 0 Å². The Hall–Kier alpha value is -1.89. The molecule has 2 aromatic heterocycles. The fourth-order valence-electron chi connectivity index (χ4n) is 1.14. The van der Waals surface area contributed by atoms with E-state index in [0.717, 1.165) is 4.88 Å². The monoisotopic (exact) mass is 238 g/mol. The molecule has 6 nitrogen and oxygen atoms in total. The fourth-order valence-corrected chi connectivity index (χ4v) is 1.85. The standard InChI is InChI=1S/C9H10N4O2S/c1-2-15-9(14)8-11-7(12-13-8)5-3-4-6(10)16-5/h3-4H,2,10H2,1H3,(H,11,12,13). The van der Waals surface area contributed by atoms with Gasteiger partial charge in [-0.25, -0.2) is 9.78 Å². The van der Waals surface area contributed by atoms with Crippen molar-refractivity contribution in [2.75, 3.05) is 12.3 Å². The van der Waals surface area contributed by atoms with E-state index in [4.69, 9.17) is 10.5 Å². The van der Waals surface area contributed by atoms with Gasteiger partial charge in [-0.3, -0.25) is 5.10 Å². The quantitative estimate of drug-likeness (QED) is 0.786. The van der Waals surface area contributed by atoms with Gasteiger partial charge in [-0.1, -0.05) is 0 Å². The van der Waals surface area contributed by atoms with Gasteiger partial charge in [-0.05, 0) is 19.1 Å². The summed E-state index contributed by atoms with van der Waals surface area (Å²) >= 11 is 1.37. The maximum absolute atomic E-state index is 11.3. The maximum atomic E-state index is 11.3. The molecule has 84 valence electrons. The van der Waals surface area contributed by atoms with E-state index in [9.17, 15) is 4.79 Å². The Balaban J connectivity index is 2.22. The zero-order chi connectivity index (χ0) is 11.5. The van der Waals surface area contributed by atoms with Gasteiger partial charge in [0.05, 0.1) is 16.5 Å². The number of nitrogens with zero attached hydrogens (tertiary/aromatic N) is 2. The molecular formula is C9H10N4O2S. The second-order valence-electron chi connectivity index (χ2n) is 2.93. The topological polar surface area (TPSA) is 93.9 Å². The molecule has 3 N–H and O–H groups in total. The number of H-pyrrole nitrogens is 1. The van der Waals surface area contributed by atoms with E-state index in [1.807, 2.05) is 6.07 Å². The van der Waals surface area contributed by atoms with E-state index in [0.29, 0.717) is 17.4 Å². The SMILES string of the molecule is CCOC(=O)c1n[nH]c(-c2ccc(N)s2)n1. The van der Waals surface area contributed by atoms with Crippen LogP contribution < -0.4 is 5.73 Å². The zero-order valence-electron chi connectivity index (χ0n) is 8.56. The zero-order valence-corrected chi connectivity index (χ0v) is 9.37. The van der Waals surface area contributed by atoms with E-state index < -0.39 is 5.97 Å².